The summed E-state index contributed by atoms with van der Waals surface area (Å²) in [6.45, 7) is 10.6. The smallest absolute Gasteiger partial charge is 0.207 e. The predicted molar refractivity (Wildman–Crippen MR) is 160 cm³/mol. The van der Waals surface area contributed by atoms with Crippen molar-refractivity contribution >= 4 is 34.9 Å². The molecule has 0 aliphatic rings. The summed E-state index contributed by atoms with van der Waals surface area (Å²) in [5, 5.41) is 17.9. The van der Waals surface area contributed by atoms with Crippen LogP contribution in [0.4, 0.5) is 0 Å². The normalized spacial score (nSPS) is 10.6. The zero-order valence-electron chi connectivity index (χ0n) is 23.8. The molecular weight excluding hydrogens is 520 g/mol. The fourth-order valence-corrected chi connectivity index (χ4v) is 4.21. The standard InChI is InChI=1S/C27H27N7O2.C2H6.CH3NO/c1-18(9-10-21(11-12-29-17-35)22(13-28)20-7-5-4-6-8-20)23-14-30-26-25(23)24(36-3)15-31-27(26)34-16-32-19(2)33-34;1-2;2-1-3/h4-8,14-17,30H,1,9-12H2,2-3H3,(H,29,35);1-2H3;1H,(H2,2,3)/b22-21-;;. The van der Waals surface area contributed by atoms with Crippen molar-refractivity contribution < 1.29 is 14.3 Å². The van der Waals surface area contributed by atoms with Gasteiger partial charge in [0.2, 0.25) is 12.8 Å². The minimum Gasteiger partial charge on any atom is -0.494 e. The van der Waals surface area contributed by atoms with Gasteiger partial charge in [-0.25, -0.2) is 14.6 Å². The van der Waals surface area contributed by atoms with Crippen molar-refractivity contribution in [1.29, 1.82) is 5.26 Å². The molecule has 4 rings (SSSR count). The Hall–Kier alpha value is -5.24. The number of primary amides is 1. The van der Waals surface area contributed by atoms with Crippen LogP contribution in [-0.4, -0.2) is 51.2 Å². The van der Waals surface area contributed by atoms with Gasteiger partial charge in [-0.05, 0) is 42.9 Å². The molecule has 0 saturated heterocycles. The van der Waals surface area contributed by atoms with Crippen LogP contribution in [0.2, 0.25) is 0 Å². The number of allylic oxidation sites excluding steroid dienone is 2. The molecule has 41 heavy (non-hydrogen) atoms. The second-order valence-electron chi connectivity index (χ2n) is 8.36. The third-order valence-corrected chi connectivity index (χ3v) is 5.99. The molecule has 0 unspecified atom stereocenters. The molecule has 4 N–H and O–H groups in total. The van der Waals surface area contributed by atoms with Crippen molar-refractivity contribution in [1.82, 2.24) is 30.0 Å². The molecule has 214 valence electrons. The number of nitrogens with zero attached hydrogens (tertiary/aromatic N) is 5. The molecule has 0 fully saturated rings. The number of methoxy groups -OCH3 is 1. The number of nitrogens with two attached hydrogens (primary N) is 1. The number of ether oxygens (including phenoxy) is 1. The topological polar surface area (TPSA) is 165 Å². The number of aromatic amines is 1. The number of hydrogen-bond acceptors (Lipinski definition) is 7. The van der Waals surface area contributed by atoms with Gasteiger partial charge in [0, 0.05) is 18.3 Å². The van der Waals surface area contributed by atoms with E-state index in [1.165, 1.54) is 0 Å². The second-order valence-corrected chi connectivity index (χ2v) is 8.36. The molecular formula is C30H36N8O3. The number of benzene rings is 1. The Morgan fingerprint density at radius 2 is 1.90 bits per heavy atom. The molecule has 0 atom stereocenters. The monoisotopic (exact) mass is 556 g/mol. The number of nitrogens with one attached hydrogen (secondary N) is 2. The summed E-state index contributed by atoms with van der Waals surface area (Å²) in [5.74, 6) is 1.88. The summed E-state index contributed by atoms with van der Waals surface area (Å²) in [4.78, 5) is 31.4. The number of aromatic nitrogens is 5. The van der Waals surface area contributed by atoms with Crippen molar-refractivity contribution in [3.05, 3.63) is 78.2 Å². The fourth-order valence-electron chi connectivity index (χ4n) is 4.21. The molecule has 11 heteroatoms. The van der Waals surface area contributed by atoms with E-state index in [-0.39, 0.29) is 6.41 Å². The second kappa shape index (κ2) is 16.7. The van der Waals surface area contributed by atoms with Gasteiger partial charge < -0.3 is 20.8 Å². The number of carbonyl (C=O) groups is 2. The van der Waals surface area contributed by atoms with E-state index in [2.05, 4.69) is 43.7 Å². The lowest BCUT2D eigenvalue weighted by Crippen LogP contribution is -2.13. The third-order valence-electron chi connectivity index (χ3n) is 5.99. The van der Waals surface area contributed by atoms with E-state index < -0.39 is 0 Å². The Morgan fingerprint density at radius 3 is 2.49 bits per heavy atom. The summed E-state index contributed by atoms with van der Waals surface area (Å²) in [6.07, 6.45) is 7.91. The van der Waals surface area contributed by atoms with Crippen LogP contribution < -0.4 is 15.8 Å². The van der Waals surface area contributed by atoms with E-state index in [1.807, 2.05) is 57.3 Å². The summed E-state index contributed by atoms with van der Waals surface area (Å²) in [7, 11) is 1.61. The summed E-state index contributed by atoms with van der Waals surface area (Å²) in [6, 6.07) is 11.9. The molecule has 11 nitrogen and oxygen atoms in total. The van der Waals surface area contributed by atoms with Crippen LogP contribution in [0.1, 0.15) is 50.1 Å². The number of rotatable bonds is 11. The van der Waals surface area contributed by atoms with Crippen LogP contribution in [0.5, 0.6) is 5.75 Å². The SMILES string of the molecule is C=C(CC/C(CCNC=O)=C(\C#N)c1ccccc1)c1c[nH]c2c(-n3cnc(C)n3)ncc(OC)c12.CC.NC=O. The molecule has 0 aliphatic heterocycles. The first-order chi connectivity index (χ1) is 20.0. The van der Waals surface area contributed by atoms with Crippen molar-refractivity contribution in [2.45, 2.75) is 40.0 Å². The lowest BCUT2D eigenvalue weighted by Gasteiger charge is -2.13. The first-order valence-electron chi connectivity index (χ1n) is 13.1. The van der Waals surface area contributed by atoms with E-state index in [4.69, 9.17) is 9.53 Å². The maximum Gasteiger partial charge on any atom is 0.207 e. The van der Waals surface area contributed by atoms with Gasteiger partial charge in [0.15, 0.2) is 5.82 Å². The van der Waals surface area contributed by atoms with Gasteiger partial charge in [-0.2, -0.15) is 10.4 Å². The third kappa shape index (κ3) is 8.12. The van der Waals surface area contributed by atoms with Gasteiger partial charge in [-0.1, -0.05) is 50.8 Å². The molecule has 0 saturated carbocycles. The molecule has 0 radical (unpaired) electrons. The number of fused-ring (bicyclic) bond motifs is 1. The molecule has 0 bridgehead atoms. The van der Waals surface area contributed by atoms with Crippen LogP contribution in [0, 0.1) is 18.3 Å². The van der Waals surface area contributed by atoms with Gasteiger partial charge >= 0.3 is 0 Å². The van der Waals surface area contributed by atoms with Gasteiger partial charge in [-0.3, -0.25) is 9.59 Å². The van der Waals surface area contributed by atoms with Crippen LogP contribution in [-0.2, 0) is 9.59 Å². The lowest BCUT2D eigenvalue weighted by atomic mass is 9.92. The zero-order valence-corrected chi connectivity index (χ0v) is 23.8. The van der Waals surface area contributed by atoms with E-state index in [9.17, 15) is 10.1 Å². The van der Waals surface area contributed by atoms with Crippen LogP contribution in [0.15, 0.2) is 61.2 Å². The zero-order chi connectivity index (χ0) is 30.2. The van der Waals surface area contributed by atoms with Crippen LogP contribution >= 0.6 is 0 Å². The number of aryl methyl sites for hydroxylation is 1. The minimum atomic E-state index is 0.250. The van der Waals surface area contributed by atoms with E-state index >= 15 is 0 Å². The highest BCUT2D eigenvalue weighted by Gasteiger charge is 2.19. The highest BCUT2D eigenvalue weighted by atomic mass is 16.5. The largest absolute Gasteiger partial charge is 0.494 e. The molecule has 3 heterocycles. The van der Waals surface area contributed by atoms with Crippen molar-refractivity contribution in [2.75, 3.05) is 13.7 Å². The molecule has 3 aromatic heterocycles. The van der Waals surface area contributed by atoms with Gasteiger partial charge in [0.05, 0.1) is 35.9 Å². The van der Waals surface area contributed by atoms with Crippen molar-refractivity contribution in [2.24, 2.45) is 5.73 Å². The first kappa shape index (κ1) is 32.0. The average Bonchev–Trinajstić information content (AvgIpc) is 3.64. The highest BCUT2D eigenvalue weighted by Crippen LogP contribution is 2.36. The number of amides is 2. The molecule has 1 aromatic carbocycles. The number of pyridine rings is 1. The van der Waals surface area contributed by atoms with E-state index in [0.717, 1.165) is 33.2 Å². The lowest BCUT2D eigenvalue weighted by molar-refractivity contribution is -0.109. The van der Waals surface area contributed by atoms with Gasteiger partial charge in [0.25, 0.3) is 0 Å². The Bertz CT molecular complexity index is 1510. The van der Waals surface area contributed by atoms with Crippen LogP contribution in [0.25, 0.3) is 27.9 Å². The van der Waals surface area contributed by atoms with Gasteiger partial charge in [0.1, 0.15) is 17.9 Å². The predicted octanol–water partition coefficient (Wildman–Crippen LogP) is 4.50. The number of H-pyrrole nitrogens is 1. The Labute approximate surface area is 239 Å². The molecule has 2 amide bonds. The summed E-state index contributed by atoms with van der Waals surface area (Å²) < 4.78 is 7.24. The summed E-state index contributed by atoms with van der Waals surface area (Å²) >= 11 is 0. The summed E-state index contributed by atoms with van der Waals surface area (Å²) in [5.41, 5.74) is 9.18. The molecule has 0 aliphatic carbocycles. The van der Waals surface area contributed by atoms with E-state index in [1.54, 1.807) is 24.3 Å². The van der Waals surface area contributed by atoms with Crippen molar-refractivity contribution in [3.8, 4) is 17.6 Å². The molecule has 0 spiro atoms. The Kier molecular flexibility index (Phi) is 13.0. The number of carbonyl (C=O) groups excluding carboxylic acids is 2. The average molecular weight is 557 g/mol. The maximum atomic E-state index is 10.8. The highest BCUT2D eigenvalue weighted by molar-refractivity contribution is 5.99. The van der Waals surface area contributed by atoms with E-state index in [0.29, 0.717) is 55.2 Å². The maximum absolute atomic E-state index is 10.8. The van der Waals surface area contributed by atoms with Gasteiger partial charge in [-0.15, -0.1) is 0 Å². The quantitative estimate of drug-likeness (QED) is 0.139. The Morgan fingerprint density at radius 1 is 1.20 bits per heavy atom. The fraction of sp³-hybridized carbons (Fsp3) is 0.267. The first-order valence-corrected chi connectivity index (χ1v) is 13.1. The van der Waals surface area contributed by atoms with Crippen molar-refractivity contribution in [3.63, 3.8) is 0 Å². The van der Waals surface area contributed by atoms with Crippen LogP contribution in [0.3, 0.4) is 0 Å². The number of nitriles is 1. The number of hydrogen-bond donors (Lipinski definition) is 3. The minimum absolute atomic E-state index is 0.250. The Balaban J connectivity index is 0.00000110. The molecule has 4 aromatic rings.